The zero-order valence-electron chi connectivity index (χ0n) is 17.3. The third kappa shape index (κ3) is 6.91. The van der Waals surface area contributed by atoms with Gasteiger partial charge >= 0.3 is 11.9 Å². The molecule has 0 aliphatic rings. The first-order valence-corrected chi connectivity index (χ1v) is 9.65. The van der Waals surface area contributed by atoms with Crippen molar-refractivity contribution in [3.05, 3.63) is 71.8 Å². The monoisotopic (exact) mass is 441 g/mol. The minimum atomic E-state index is -0.530. The summed E-state index contributed by atoms with van der Waals surface area (Å²) in [7, 11) is 0. The van der Waals surface area contributed by atoms with Gasteiger partial charge in [0, 0.05) is 19.4 Å². The van der Waals surface area contributed by atoms with Gasteiger partial charge in [-0.05, 0) is 47.5 Å². The Hall–Kier alpha value is -3.22. The van der Waals surface area contributed by atoms with Crippen LogP contribution in [0.3, 0.4) is 0 Å². The highest BCUT2D eigenvalue weighted by atomic mass is 35.5. The lowest BCUT2D eigenvalue weighted by Gasteiger charge is -2.11. The number of fused-ring (bicyclic) bond motifs is 1. The van der Waals surface area contributed by atoms with E-state index >= 15 is 0 Å². The Balaban J connectivity index is 0.00000341. The number of carbonyl (C=O) groups is 3. The molecule has 3 aromatic rings. The quantitative estimate of drug-likeness (QED) is 0.245. The molecule has 162 valence electrons. The van der Waals surface area contributed by atoms with Crippen LogP contribution in [0.5, 0.6) is 11.5 Å². The molecule has 0 atom stereocenters. The van der Waals surface area contributed by atoms with Crippen molar-refractivity contribution in [2.24, 2.45) is 0 Å². The van der Waals surface area contributed by atoms with Crippen molar-refractivity contribution in [1.82, 2.24) is 5.32 Å². The van der Waals surface area contributed by atoms with Gasteiger partial charge in [0.25, 0.3) is 0 Å². The van der Waals surface area contributed by atoms with Crippen molar-refractivity contribution in [3.63, 3.8) is 0 Å². The van der Waals surface area contributed by atoms with Gasteiger partial charge in [-0.25, -0.2) is 0 Å². The van der Waals surface area contributed by atoms with Gasteiger partial charge in [-0.3, -0.25) is 14.4 Å². The van der Waals surface area contributed by atoms with E-state index in [1.807, 2.05) is 18.2 Å². The number of esters is 2. The molecule has 0 aliphatic heterocycles. The van der Waals surface area contributed by atoms with Crippen molar-refractivity contribution < 1.29 is 23.9 Å². The lowest BCUT2D eigenvalue weighted by atomic mass is 10.0. The maximum absolute atomic E-state index is 12.6. The van der Waals surface area contributed by atoms with E-state index in [-0.39, 0.29) is 36.2 Å². The van der Waals surface area contributed by atoms with Gasteiger partial charge in [0.1, 0.15) is 0 Å². The fourth-order valence-corrected chi connectivity index (χ4v) is 3.08. The molecule has 0 aliphatic carbocycles. The highest BCUT2D eigenvalue weighted by Gasteiger charge is 2.14. The molecule has 0 unspecified atom stereocenters. The van der Waals surface area contributed by atoms with E-state index in [1.54, 1.807) is 30.3 Å². The summed E-state index contributed by atoms with van der Waals surface area (Å²) >= 11 is 0. The predicted octanol–water partition coefficient (Wildman–Crippen LogP) is 4.13. The van der Waals surface area contributed by atoms with Crippen LogP contribution in [-0.2, 0) is 16.0 Å². The van der Waals surface area contributed by atoms with Gasteiger partial charge in [-0.15, -0.1) is 12.4 Å². The highest BCUT2D eigenvalue weighted by Crippen LogP contribution is 2.33. The van der Waals surface area contributed by atoms with Gasteiger partial charge in [-0.1, -0.05) is 42.5 Å². The van der Waals surface area contributed by atoms with Crippen molar-refractivity contribution >= 4 is 40.9 Å². The Bertz CT molecular complexity index is 1080. The fourth-order valence-electron chi connectivity index (χ4n) is 3.08. The smallest absolute Gasteiger partial charge is 0.308 e. The number of Topliss-reactive ketones (excluding diaryl/α,β-unsaturated/α-hetero) is 1. The first-order valence-electron chi connectivity index (χ1n) is 9.65. The molecule has 6 nitrogen and oxygen atoms in total. The number of halogens is 1. The molecule has 0 aromatic heterocycles. The third-order valence-electron chi connectivity index (χ3n) is 4.45. The number of carbonyl (C=O) groups excluding carboxylic acids is 3. The van der Waals surface area contributed by atoms with Gasteiger partial charge in [0.2, 0.25) is 0 Å². The molecule has 7 heteroatoms. The number of rotatable bonds is 8. The van der Waals surface area contributed by atoms with Crippen LogP contribution in [-0.4, -0.2) is 30.8 Å². The van der Waals surface area contributed by atoms with E-state index < -0.39 is 11.9 Å². The summed E-state index contributed by atoms with van der Waals surface area (Å²) in [4.78, 5) is 35.3. The average molecular weight is 442 g/mol. The Kier molecular flexibility index (Phi) is 8.73. The van der Waals surface area contributed by atoms with Crippen LogP contribution in [0.15, 0.2) is 60.7 Å². The number of ether oxygens (including phenoxy) is 2. The van der Waals surface area contributed by atoms with Crippen molar-refractivity contribution in [1.29, 1.82) is 0 Å². The third-order valence-corrected chi connectivity index (χ3v) is 4.45. The summed E-state index contributed by atoms with van der Waals surface area (Å²) in [6.45, 7) is 3.46. The molecule has 3 rings (SSSR count). The second kappa shape index (κ2) is 11.2. The zero-order valence-corrected chi connectivity index (χ0v) is 18.2. The van der Waals surface area contributed by atoms with Crippen molar-refractivity contribution in [3.8, 4) is 11.5 Å². The summed E-state index contributed by atoms with van der Waals surface area (Å²) in [6.07, 6.45) is 0.844. The van der Waals surface area contributed by atoms with Crippen LogP contribution in [0, 0.1) is 0 Å². The molecule has 0 heterocycles. The molecule has 0 saturated heterocycles. The van der Waals surface area contributed by atoms with Crippen LogP contribution in [0.25, 0.3) is 10.8 Å². The summed E-state index contributed by atoms with van der Waals surface area (Å²) < 4.78 is 10.3. The molecule has 0 bridgehead atoms. The van der Waals surface area contributed by atoms with Gasteiger partial charge in [-0.2, -0.15) is 0 Å². The van der Waals surface area contributed by atoms with Crippen molar-refractivity contribution in [2.45, 2.75) is 20.3 Å². The molecular formula is C24H24ClNO5. The highest BCUT2D eigenvalue weighted by molar-refractivity contribution is 6.01. The number of benzene rings is 3. The number of hydrogen-bond donors (Lipinski definition) is 1. The SMILES string of the molecule is CC(=O)Oc1cc2ccc(C(=O)CNCCc3ccccc3)cc2cc1OC(C)=O.Cl. The predicted molar refractivity (Wildman–Crippen MR) is 121 cm³/mol. The van der Waals surface area contributed by atoms with Crippen LogP contribution >= 0.6 is 12.4 Å². The maximum atomic E-state index is 12.6. The van der Waals surface area contributed by atoms with Crippen LogP contribution in [0.1, 0.15) is 29.8 Å². The maximum Gasteiger partial charge on any atom is 0.308 e. The number of hydrogen-bond acceptors (Lipinski definition) is 6. The van der Waals surface area contributed by atoms with E-state index in [9.17, 15) is 14.4 Å². The normalized spacial score (nSPS) is 10.3. The second-order valence-corrected chi connectivity index (χ2v) is 6.88. The minimum absolute atomic E-state index is 0. The van der Waals surface area contributed by atoms with E-state index in [0.29, 0.717) is 17.5 Å². The molecule has 0 fully saturated rings. The van der Waals surface area contributed by atoms with Crippen LogP contribution < -0.4 is 14.8 Å². The molecular weight excluding hydrogens is 418 g/mol. The molecule has 31 heavy (non-hydrogen) atoms. The molecule has 1 N–H and O–H groups in total. The number of nitrogens with one attached hydrogen (secondary N) is 1. The minimum Gasteiger partial charge on any atom is -0.423 e. The standard InChI is InChI=1S/C24H23NO5.ClH/c1-16(26)29-23-13-19-8-9-20(12-21(19)14-24(23)30-17(2)27)22(28)15-25-11-10-18-6-4-3-5-7-18;/h3-9,12-14,25H,10-11,15H2,1-2H3;1H. The lowest BCUT2D eigenvalue weighted by Crippen LogP contribution is -2.25. The topological polar surface area (TPSA) is 81.7 Å². The average Bonchev–Trinajstić information content (AvgIpc) is 2.71. The first kappa shape index (κ1) is 24.1. The fraction of sp³-hybridized carbons (Fsp3) is 0.208. The molecule has 0 amide bonds. The molecule has 0 radical (unpaired) electrons. The number of ketones is 1. The van der Waals surface area contributed by atoms with Crippen LogP contribution in [0.2, 0.25) is 0 Å². The summed E-state index contributed by atoms with van der Waals surface area (Å²) in [5, 5.41) is 4.64. The van der Waals surface area contributed by atoms with Crippen LogP contribution in [0.4, 0.5) is 0 Å². The Morgan fingerprint density at radius 3 is 2.03 bits per heavy atom. The first-order chi connectivity index (χ1) is 14.4. The van der Waals surface area contributed by atoms with Gasteiger partial charge in [0.15, 0.2) is 17.3 Å². The largest absolute Gasteiger partial charge is 0.423 e. The summed E-state index contributed by atoms with van der Waals surface area (Å²) in [6, 6.07) is 18.5. The summed E-state index contributed by atoms with van der Waals surface area (Å²) in [5.41, 5.74) is 1.76. The molecule has 0 saturated carbocycles. The summed E-state index contributed by atoms with van der Waals surface area (Å²) in [5.74, 6) is -0.792. The van der Waals surface area contributed by atoms with E-state index in [2.05, 4.69) is 17.4 Å². The molecule has 3 aromatic carbocycles. The Labute approximate surface area is 187 Å². The van der Waals surface area contributed by atoms with Gasteiger partial charge < -0.3 is 14.8 Å². The zero-order chi connectivity index (χ0) is 21.5. The van der Waals surface area contributed by atoms with E-state index in [4.69, 9.17) is 9.47 Å². The van der Waals surface area contributed by atoms with Crippen molar-refractivity contribution in [2.75, 3.05) is 13.1 Å². The van der Waals surface area contributed by atoms with E-state index in [1.165, 1.54) is 19.4 Å². The van der Waals surface area contributed by atoms with Gasteiger partial charge in [0.05, 0.1) is 6.54 Å². The van der Waals surface area contributed by atoms with E-state index in [0.717, 1.165) is 11.8 Å². The lowest BCUT2D eigenvalue weighted by molar-refractivity contribution is -0.134. The Morgan fingerprint density at radius 2 is 1.42 bits per heavy atom. The Morgan fingerprint density at radius 1 is 0.806 bits per heavy atom. The molecule has 0 spiro atoms. The second-order valence-electron chi connectivity index (χ2n) is 6.88.